The van der Waals surface area contributed by atoms with Crippen molar-refractivity contribution >= 4 is 0 Å². The Morgan fingerprint density at radius 2 is 0.783 bits per heavy atom. The number of azo groups is 1. The highest BCUT2D eigenvalue weighted by Gasteiger charge is 2.69. The molecule has 1 aliphatic heterocycles. The maximum absolute atomic E-state index is 7.16. The van der Waals surface area contributed by atoms with Crippen molar-refractivity contribution in [2.45, 2.75) is 75.7 Å². The molecule has 0 aromatic heterocycles. The van der Waals surface area contributed by atoms with Crippen LogP contribution in [0.15, 0.2) is 10.2 Å². The highest BCUT2D eigenvalue weighted by molar-refractivity contribution is 5.14. The van der Waals surface area contributed by atoms with Gasteiger partial charge in [0.1, 0.15) is 0 Å². The first-order chi connectivity index (χ1) is 11.2. The van der Waals surface area contributed by atoms with Crippen LogP contribution >= 0.6 is 0 Å². The number of rotatable bonds is 0. The summed E-state index contributed by atoms with van der Waals surface area (Å²) in [5.41, 5.74) is -0.356. The highest BCUT2D eigenvalue weighted by atomic mass is 16.6. The van der Waals surface area contributed by atoms with E-state index in [4.69, 9.17) is 15.0 Å². The van der Waals surface area contributed by atoms with E-state index in [2.05, 4.69) is 0 Å². The van der Waals surface area contributed by atoms with E-state index in [1.54, 1.807) is 0 Å². The zero-order valence-electron chi connectivity index (χ0n) is 14.0. The molecular weight excluding hydrogens is 284 g/mol. The van der Waals surface area contributed by atoms with Gasteiger partial charge in [-0.05, 0) is 87.9 Å². The molecule has 3 nitrogen and oxygen atoms in total. The summed E-state index contributed by atoms with van der Waals surface area (Å²) in [4.78, 5) is 0. The molecule has 1 heterocycles. The summed E-state index contributed by atoms with van der Waals surface area (Å²) in [6.45, 7) is 0. The van der Waals surface area contributed by atoms with E-state index in [0.29, 0.717) is 23.7 Å². The molecule has 0 radical (unpaired) electrons. The van der Waals surface area contributed by atoms with Gasteiger partial charge in [-0.1, -0.05) is 0 Å². The van der Waals surface area contributed by atoms with Crippen LogP contribution in [0.4, 0.5) is 0 Å². The fourth-order valence-electron chi connectivity index (χ4n) is 8.84. The van der Waals surface area contributed by atoms with Crippen molar-refractivity contribution in [3.8, 4) is 0 Å². The normalized spacial score (nSPS) is 67.1. The molecule has 3 heteroatoms. The largest absolute Gasteiger partial charge is 0.321 e. The topological polar surface area (TPSA) is 34.0 Å². The molecule has 9 rings (SSSR count). The lowest BCUT2D eigenvalue weighted by atomic mass is 9.51. The van der Waals surface area contributed by atoms with Gasteiger partial charge in [-0.15, -0.1) is 0 Å². The van der Waals surface area contributed by atoms with Crippen molar-refractivity contribution in [2.75, 3.05) is 0 Å². The smallest absolute Gasteiger partial charge is 0.187 e. The summed E-state index contributed by atoms with van der Waals surface area (Å²) in [6, 6.07) is 0. The zero-order valence-corrected chi connectivity index (χ0v) is 14.0. The first-order valence-corrected chi connectivity index (χ1v) is 10.4. The van der Waals surface area contributed by atoms with Gasteiger partial charge in [-0.3, -0.25) is 0 Å². The molecule has 0 saturated heterocycles. The molecule has 0 N–H and O–H groups in total. The van der Waals surface area contributed by atoms with Crippen LogP contribution < -0.4 is 0 Å². The first-order valence-electron chi connectivity index (χ1n) is 10.4. The summed E-state index contributed by atoms with van der Waals surface area (Å²) in [6.07, 6.45) is 14.0. The summed E-state index contributed by atoms with van der Waals surface area (Å²) in [5.74, 6) is 6.71. The van der Waals surface area contributed by atoms with Crippen LogP contribution in [0.2, 0.25) is 0 Å². The third-order valence-electron chi connectivity index (χ3n) is 9.31. The Labute approximate surface area is 138 Å². The minimum absolute atomic E-state index is 0.178. The Hall–Kier alpha value is -0.440. The van der Waals surface area contributed by atoms with E-state index < -0.39 is 0 Å². The van der Waals surface area contributed by atoms with Gasteiger partial charge < -0.3 is 4.74 Å². The van der Waals surface area contributed by atoms with Crippen molar-refractivity contribution in [2.24, 2.45) is 57.6 Å². The number of hydrogen-bond donors (Lipinski definition) is 0. The molecule has 8 fully saturated rings. The van der Waals surface area contributed by atoms with E-state index in [9.17, 15) is 0 Å². The molecule has 124 valence electrons. The van der Waals surface area contributed by atoms with Gasteiger partial charge in [0.25, 0.3) is 0 Å². The third-order valence-corrected chi connectivity index (χ3v) is 9.31. The predicted molar refractivity (Wildman–Crippen MR) is 85.5 cm³/mol. The second kappa shape index (κ2) is 3.86. The average Bonchev–Trinajstić information content (AvgIpc) is 2.92. The molecule has 0 amide bonds. The van der Waals surface area contributed by atoms with E-state index in [1.807, 2.05) is 0 Å². The molecule has 23 heavy (non-hydrogen) atoms. The molecule has 8 saturated carbocycles. The molecule has 9 aliphatic rings. The molecule has 8 bridgehead atoms. The minimum Gasteiger partial charge on any atom is -0.321 e. The van der Waals surface area contributed by atoms with Crippen molar-refractivity contribution in [3.63, 3.8) is 0 Å². The Morgan fingerprint density at radius 3 is 1.09 bits per heavy atom. The van der Waals surface area contributed by atoms with Gasteiger partial charge in [0.15, 0.2) is 11.4 Å². The van der Waals surface area contributed by atoms with Gasteiger partial charge >= 0.3 is 0 Å². The summed E-state index contributed by atoms with van der Waals surface area (Å²) in [7, 11) is 0. The Morgan fingerprint density at radius 1 is 0.478 bits per heavy atom. The highest BCUT2D eigenvalue weighted by Crippen LogP contribution is 2.68. The Balaban J connectivity index is 1.28. The van der Waals surface area contributed by atoms with Gasteiger partial charge in [0, 0.05) is 23.7 Å². The average molecular weight is 312 g/mol. The SMILES string of the molecule is C1C2CC3CC1CC(C2)C31N=NC2(O1)C1CC3CC(C1)CC2C3. The second-order valence-corrected chi connectivity index (χ2v) is 10.4. The van der Waals surface area contributed by atoms with Crippen LogP contribution in [-0.2, 0) is 4.74 Å². The molecular formula is C20H28N2O. The van der Waals surface area contributed by atoms with Crippen LogP contribution in [0.3, 0.4) is 0 Å². The van der Waals surface area contributed by atoms with Crippen molar-refractivity contribution in [1.29, 1.82) is 0 Å². The lowest BCUT2D eigenvalue weighted by molar-refractivity contribution is -0.280. The lowest BCUT2D eigenvalue weighted by Crippen LogP contribution is -2.63. The maximum Gasteiger partial charge on any atom is 0.187 e. The van der Waals surface area contributed by atoms with Crippen LogP contribution in [-0.4, -0.2) is 11.4 Å². The minimum atomic E-state index is -0.178. The summed E-state index contributed by atoms with van der Waals surface area (Å²) < 4.78 is 7.16. The van der Waals surface area contributed by atoms with Crippen LogP contribution in [0.25, 0.3) is 0 Å². The van der Waals surface area contributed by atoms with Gasteiger partial charge in [0.05, 0.1) is 0 Å². The first kappa shape index (κ1) is 12.9. The zero-order chi connectivity index (χ0) is 14.8. The van der Waals surface area contributed by atoms with Crippen molar-refractivity contribution in [3.05, 3.63) is 0 Å². The van der Waals surface area contributed by atoms with Crippen LogP contribution in [0.5, 0.6) is 0 Å². The maximum atomic E-state index is 7.16. The standard InChI is InChI=1S/C20H28N2O/c1-11-3-15-5-12(1)6-16(4-11)19(15)21-22-20(23-19)17-7-13-2-14(9-17)10-18(20)8-13/h11-18H,1-10H2. The quantitative estimate of drug-likeness (QED) is 0.634. The molecule has 0 unspecified atom stereocenters. The van der Waals surface area contributed by atoms with E-state index in [1.165, 1.54) is 64.2 Å². The monoisotopic (exact) mass is 312 g/mol. The third kappa shape index (κ3) is 1.41. The van der Waals surface area contributed by atoms with Crippen molar-refractivity contribution < 1.29 is 4.74 Å². The molecule has 0 atom stereocenters. The van der Waals surface area contributed by atoms with Crippen molar-refractivity contribution in [1.82, 2.24) is 0 Å². The second-order valence-electron chi connectivity index (χ2n) is 10.4. The number of nitrogens with zero attached hydrogens (tertiary/aromatic N) is 2. The fourth-order valence-corrected chi connectivity index (χ4v) is 8.84. The number of hydrogen-bond acceptors (Lipinski definition) is 3. The van der Waals surface area contributed by atoms with Gasteiger partial charge in [0.2, 0.25) is 0 Å². The molecule has 8 aliphatic carbocycles. The van der Waals surface area contributed by atoms with Gasteiger partial charge in [-0.25, -0.2) is 0 Å². The fraction of sp³-hybridized carbons (Fsp3) is 1.00. The van der Waals surface area contributed by atoms with Crippen LogP contribution in [0.1, 0.15) is 64.2 Å². The number of ether oxygens (including phenoxy) is 1. The van der Waals surface area contributed by atoms with E-state index in [-0.39, 0.29) is 11.4 Å². The summed E-state index contributed by atoms with van der Waals surface area (Å²) in [5, 5.41) is 10.1. The van der Waals surface area contributed by atoms with E-state index in [0.717, 1.165) is 23.7 Å². The Kier molecular flexibility index (Phi) is 2.16. The summed E-state index contributed by atoms with van der Waals surface area (Å²) >= 11 is 0. The van der Waals surface area contributed by atoms with Crippen LogP contribution in [0, 0.1) is 47.3 Å². The lowest BCUT2D eigenvalue weighted by Gasteiger charge is -2.61. The van der Waals surface area contributed by atoms with E-state index >= 15 is 0 Å². The Bertz CT molecular complexity index is 490. The molecule has 0 aromatic carbocycles. The molecule has 2 spiro atoms. The molecule has 0 aromatic rings. The van der Waals surface area contributed by atoms with Gasteiger partial charge in [-0.2, -0.15) is 10.2 Å². The predicted octanol–water partition coefficient (Wildman–Crippen LogP) is 4.77.